The van der Waals surface area contributed by atoms with Gasteiger partial charge in [0.2, 0.25) is 0 Å². The molecule has 1 aromatic carbocycles. The minimum absolute atomic E-state index is 0.215. The SMILES string of the molecule is N#Cc1cc(CNc2ccc(F)cc2F)ccn1. The van der Waals surface area contributed by atoms with Crippen molar-refractivity contribution in [1.82, 2.24) is 4.98 Å². The summed E-state index contributed by atoms with van der Waals surface area (Å²) in [6, 6.07) is 8.57. The van der Waals surface area contributed by atoms with Gasteiger partial charge in [-0.1, -0.05) is 0 Å². The smallest absolute Gasteiger partial charge is 0.149 e. The first kappa shape index (κ1) is 12.0. The summed E-state index contributed by atoms with van der Waals surface area (Å²) < 4.78 is 26.0. The van der Waals surface area contributed by atoms with Crippen LogP contribution in [0.25, 0.3) is 0 Å². The summed E-state index contributed by atoms with van der Waals surface area (Å²) >= 11 is 0. The number of pyridine rings is 1. The van der Waals surface area contributed by atoms with Crippen LogP contribution in [0.2, 0.25) is 0 Å². The van der Waals surface area contributed by atoms with Crippen LogP contribution in [0, 0.1) is 23.0 Å². The Morgan fingerprint density at radius 1 is 1.22 bits per heavy atom. The summed E-state index contributed by atoms with van der Waals surface area (Å²) in [7, 11) is 0. The third-order valence-corrected chi connectivity index (χ3v) is 2.35. The van der Waals surface area contributed by atoms with E-state index in [0.717, 1.165) is 11.6 Å². The van der Waals surface area contributed by atoms with Gasteiger partial charge in [-0.15, -0.1) is 0 Å². The van der Waals surface area contributed by atoms with Gasteiger partial charge < -0.3 is 5.32 Å². The summed E-state index contributed by atoms with van der Waals surface area (Å²) in [5.74, 6) is -1.27. The predicted octanol–water partition coefficient (Wildman–Crippen LogP) is 2.84. The molecule has 0 bridgehead atoms. The minimum atomic E-state index is -0.649. The highest BCUT2D eigenvalue weighted by atomic mass is 19.1. The standard InChI is InChI=1S/C13H9F2N3/c14-10-1-2-13(12(15)6-10)18-8-9-3-4-17-11(5-9)7-16/h1-6,18H,8H2. The molecule has 0 amide bonds. The van der Waals surface area contributed by atoms with Crippen molar-refractivity contribution in [1.29, 1.82) is 5.26 Å². The molecular weight excluding hydrogens is 236 g/mol. The average molecular weight is 245 g/mol. The Balaban J connectivity index is 2.09. The van der Waals surface area contributed by atoms with Crippen LogP contribution in [0.1, 0.15) is 11.3 Å². The molecule has 3 nitrogen and oxygen atoms in total. The zero-order chi connectivity index (χ0) is 13.0. The lowest BCUT2D eigenvalue weighted by Gasteiger charge is -2.07. The van der Waals surface area contributed by atoms with E-state index in [4.69, 9.17) is 5.26 Å². The van der Waals surface area contributed by atoms with Gasteiger partial charge in [-0.2, -0.15) is 5.26 Å². The number of hydrogen-bond acceptors (Lipinski definition) is 3. The lowest BCUT2D eigenvalue weighted by molar-refractivity contribution is 0.585. The third-order valence-electron chi connectivity index (χ3n) is 2.35. The highest BCUT2D eigenvalue weighted by molar-refractivity contribution is 5.45. The van der Waals surface area contributed by atoms with Gasteiger partial charge in [-0.25, -0.2) is 13.8 Å². The highest BCUT2D eigenvalue weighted by Crippen LogP contribution is 2.16. The maximum atomic E-state index is 13.3. The van der Waals surface area contributed by atoms with E-state index in [1.165, 1.54) is 18.3 Å². The first-order chi connectivity index (χ1) is 8.69. The zero-order valence-corrected chi connectivity index (χ0v) is 9.32. The number of rotatable bonds is 3. The lowest BCUT2D eigenvalue weighted by Crippen LogP contribution is -2.02. The van der Waals surface area contributed by atoms with E-state index in [2.05, 4.69) is 10.3 Å². The van der Waals surface area contributed by atoms with Gasteiger partial charge in [-0.3, -0.25) is 0 Å². The summed E-state index contributed by atoms with van der Waals surface area (Å²) in [4.78, 5) is 3.83. The van der Waals surface area contributed by atoms with E-state index in [9.17, 15) is 8.78 Å². The second kappa shape index (κ2) is 5.23. The topological polar surface area (TPSA) is 48.7 Å². The molecule has 0 saturated carbocycles. The number of halogens is 2. The largest absolute Gasteiger partial charge is 0.379 e. The molecule has 2 aromatic rings. The highest BCUT2D eigenvalue weighted by Gasteiger charge is 2.03. The Labute approximate surface area is 103 Å². The van der Waals surface area contributed by atoms with E-state index in [0.29, 0.717) is 12.2 Å². The number of aromatic nitrogens is 1. The van der Waals surface area contributed by atoms with Gasteiger partial charge in [0.1, 0.15) is 23.4 Å². The molecule has 0 unspecified atom stereocenters. The molecule has 0 aliphatic heterocycles. The molecule has 18 heavy (non-hydrogen) atoms. The normalized spacial score (nSPS) is 9.83. The van der Waals surface area contributed by atoms with Crippen molar-refractivity contribution in [2.75, 3.05) is 5.32 Å². The van der Waals surface area contributed by atoms with Crippen molar-refractivity contribution in [3.05, 3.63) is 59.4 Å². The van der Waals surface area contributed by atoms with Crippen LogP contribution in [0.3, 0.4) is 0 Å². The lowest BCUT2D eigenvalue weighted by atomic mass is 10.2. The third kappa shape index (κ3) is 2.80. The molecule has 0 aliphatic rings. The van der Waals surface area contributed by atoms with E-state index < -0.39 is 11.6 Å². The van der Waals surface area contributed by atoms with Crippen LogP contribution in [0.5, 0.6) is 0 Å². The maximum absolute atomic E-state index is 13.3. The molecule has 5 heteroatoms. The first-order valence-corrected chi connectivity index (χ1v) is 5.23. The minimum Gasteiger partial charge on any atom is -0.379 e. The van der Waals surface area contributed by atoms with E-state index in [1.807, 2.05) is 6.07 Å². The summed E-state index contributed by atoms with van der Waals surface area (Å²) in [5.41, 5.74) is 1.31. The second-order valence-corrected chi connectivity index (χ2v) is 3.64. The van der Waals surface area contributed by atoms with Gasteiger partial charge in [-0.05, 0) is 29.8 Å². The van der Waals surface area contributed by atoms with Crippen molar-refractivity contribution < 1.29 is 8.78 Å². The quantitative estimate of drug-likeness (QED) is 0.904. The average Bonchev–Trinajstić information content (AvgIpc) is 2.38. The number of nitrogens with one attached hydrogen (secondary N) is 1. The van der Waals surface area contributed by atoms with Gasteiger partial charge in [0.05, 0.1) is 5.69 Å². The fourth-order valence-electron chi connectivity index (χ4n) is 1.48. The van der Waals surface area contributed by atoms with Gasteiger partial charge >= 0.3 is 0 Å². The van der Waals surface area contributed by atoms with Crippen LogP contribution in [-0.2, 0) is 6.54 Å². The monoisotopic (exact) mass is 245 g/mol. The van der Waals surface area contributed by atoms with Crippen LogP contribution in [0.4, 0.5) is 14.5 Å². The number of hydrogen-bond donors (Lipinski definition) is 1. The Bertz CT molecular complexity index is 605. The van der Waals surface area contributed by atoms with E-state index >= 15 is 0 Å². The Morgan fingerprint density at radius 3 is 2.78 bits per heavy atom. The molecule has 90 valence electrons. The second-order valence-electron chi connectivity index (χ2n) is 3.64. The van der Waals surface area contributed by atoms with Crippen molar-refractivity contribution in [2.24, 2.45) is 0 Å². The van der Waals surface area contributed by atoms with Crippen molar-refractivity contribution in [2.45, 2.75) is 6.54 Å². The van der Waals surface area contributed by atoms with Crippen molar-refractivity contribution >= 4 is 5.69 Å². The number of benzene rings is 1. The van der Waals surface area contributed by atoms with Crippen LogP contribution in [0.15, 0.2) is 36.5 Å². The van der Waals surface area contributed by atoms with E-state index in [-0.39, 0.29) is 5.69 Å². The molecule has 1 aromatic heterocycles. The van der Waals surface area contributed by atoms with Crippen LogP contribution < -0.4 is 5.32 Å². The molecule has 1 N–H and O–H groups in total. The molecular formula is C13H9F2N3. The Hall–Kier alpha value is -2.48. The van der Waals surface area contributed by atoms with Gasteiger partial charge in [0.25, 0.3) is 0 Å². The molecule has 2 rings (SSSR count). The maximum Gasteiger partial charge on any atom is 0.149 e. The van der Waals surface area contributed by atoms with Crippen molar-refractivity contribution in [3.63, 3.8) is 0 Å². The molecule has 0 aliphatic carbocycles. The number of nitriles is 1. The predicted molar refractivity (Wildman–Crippen MR) is 62.6 cm³/mol. The summed E-state index contributed by atoms with van der Waals surface area (Å²) in [6.45, 7) is 0.333. The van der Waals surface area contributed by atoms with Gasteiger partial charge in [0.15, 0.2) is 0 Å². The fraction of sp³-hybridized carbons (Fsp3) is 0.0769. The Morgan fingerprint density at radius 2 is 2.06 bits per heavy atom. The molecule has 0 fully saturated rings. The molecule has 1 heterocycles. The molecule has 0 spiro atoms. The molecule has 0 radical (unpaired) electrons. The zero-order valence-electron chi connectivity index (χ0n) is 9.32. The molecule has 0 saturated heterocycles. The molecule has 0 atom stereocenters. The summed E-state index contributed by atoms with van der Waals surface area (Å²) in [5, 5.41) is 11.5. The number of anilines is 1. The van der Waals surface area contributed by atoms with Gasteiger partial charge in [0, 0.05) is 18.8 Å². The van der Waals surface area contributed by atoms with Crippen LogP contribution in [-0.4, -0.2) is 4.98 Å². The first-order valence-electron chi connectivity index (χ1n) is 5.23. The summed E-state index contributed by atoms with van der Waals surface area (Å²) in [6.07, 6.45) is 1.51. The van der Waals surface area contributed by atoms with Crippen molar-refractivity contribution in [3.8, 4) is 6.07 Å². The fourth-order valence-corrected chi connectivity index (χ4v) is 1.48. The number of nitrogens with zero attached hydrogens (tertiary/aromatic N) is 2. The van der Waals surface area contributed by atoms with Crippen LogP contribution >= 0.6 is 0 Å². The Kier molecular flexibility index (Phi) is 3.49. The van der Waals surface area contributed by atoms with E-state index in [1.54, 1.807) is 12.1 Å².